The van der Waals surface area contributed by atoms with Crippen LogP contribution in [0.15, 0.2) is 0 Å². The summed E-state index contributed by atoms with van der Waals surface area (Å²) in [5, 5.41) is 3.67. The fourth-order valence-corrected chi connectivity index (χ4v) is 3.68. The highest BCUT2D eigenvalue weighted by Gasteiger charge is 2.18. The van der Waals surface area contributed by atoms with Crippen LogP contribution in [0.25, 0.3) is 0 Å². The molecule has 0 aromatic heterocycles. The Kier molecular flexibility index (Phi) is 6.50. The van der Waals surface area contributed by atoms with E-state index in [1.54, 1.807) is 0 Å². The van der Waals surface area contributed by atoms with E-state index in [0.717, 1.165) is 12.0 Å². The molecule has 0 amide bonds. The minimum atomic E-state index is 0.848. The smallest absolute Gasteiger partial charge is 0.0104 e. The maximum absolute atomic E-state index is 3.67. The number of rotatable bonds is 6. The zero-order valence-electron chi connectivity index (χ0n) is 12.3. The Morgan fingerprint density at radius 1 is 0.889 bits per heavy atom. The number of likely N-dealkylation sites (tertiary alicyclic amines) is 1. The van der Waals surface area contributed by atoms with Crippen LogP contribution >= 0.6 is 0 Å². The number of nitrogens with zero attached hydrogens (tertiary/aromatic N) is 1. The van der Waals surface area contributed by atoms with Gasteiger partial charge in [-0.2, -0.15) is 0 Å². The summed E-state index contributed by atoms with van der Waals surface area (Å²) < 4.78 is 0. The van der Waals surface area contributed by atoms with E-state index >= 15 is 0 Å². The second-order valence-electron chi connectivity index (χ2n) is 6.46. The molecule has 2 rings (SSSR count). The Balaban J connectivity index is 1.47. The third-order valence-corrected chi connectivity index (χ3v) is 5.03. The van der Waals surface area contributed by atoms with E-state index in [4.69, 9.17) is 0 Å². The molecular formula is C16H32N2. The van der Waals surface area contributed by atoms with E-state index in [0.29, 0.717) is 0 Å². The van der Waals surface area contributed by atoms with Gasteiger partial charge < -0.3 is 10.2 Å². The van der Waals surface area contributed by atoms with Gasteiger partial charge in [0.2, 0.25) is 0 Å². The number of hydrogen-bond donors (Lipinski definition) is 1. The second-order valence-corrected chi connectivity index (χ2v) is 6.46. The molecule has 0 aromatic carbocycles. The molecule has 18 heavy (non-hydrogen) atoms. The Bertz CT molecular complexity index is 211. The second kappa shape index (κ2) is 8.16. The van der Waals surface area contributed by atoms with Crippen molar-refractivity contribution < 1.29 is 0 Å². The molecule has 2 nitrogen and oxygen atoms in total. The maximum Gasteiger partial charge on any atom is 0.0104 e. The molecule has 1 saturated carbocycles. The molecule has 1 unspecified atom stereocenters. The third kappa shape index (κ3) is 4.89. The average molecular weight is 252 g/mol. The van der Waals surface area contributed by atoms with Gasteiger partial charge in [0.15, 0.2) is 0 Å². The Labute approximate surface area is 114 Å². The highest BCUT2D eigenvalue weighted by atomic mass is 15.1. The van der Waals surface area contributed by atoms with Gasteiger partial charge in [0.25, 0.3) is 0 Å². The van der Waals surface area contributed by atoms with Gasteiger partial charge >= 0.3 is 0 Å². The number of hydrogen-bond acceptors (Lipinski definition) is 2. The van der Waals surface area contributed by atoms with Crippen LogP contribution in [0.1, 0.15) is 64.2 Å². The number of piperidine rings is 1. The van der Waals surface area contributed by atoms with E-state index < -0.39 is 0 Å². The first kappa shape index (κ1) is 14.3. The Morgan fingerprint density at radius 3 is 2.39 bits per heavy atom. The van der Waals surface area contributed by atoms with Crippen LogP contribution in [0.5, 0.6) is 0 Å². The van der Waals surface area contributed by atoms with Gasteiger partial charge in [-0.25, -0.2) is 0 Å². The van der Waals surface area contributed by atoms with Crippen LogP contribution in [0.2, 0.25) is 0 Å². The molecule has 2 heteroatoms. The minimum Gasteiger partial charge on any atom is -0.317 e. The van der Waals surface area contributed by atoms with E-state index in [9.17, 15) is 0 Å². The fourth-order valence-electron chi connectivity index (χ4n) is 3.68. The highest BCUT2D eigenvalue weighted by molar-refractivity contribution is 4.75. The van der Waals surface area contributed by atoms with Crippen LogP contribution in [0.3, 0.4) is 0 Å². The van der Waals surface area contributed by atoms with Crippen LogP contribution in [-0.2, 0) is 0 Å². The molecule has 0 bridgehead atoms. The zero-order valence-corrected chi connectivity index (χ0v) is 12.3. The lowest BCUT2D eigenvalue weighted by molar-refractivity contribution is 0.175. The summed E-state index contributed by atoms with van der Waals surface area (Å²) in [6.45, 7) is 3.79. The van der Waals surface area contributed by atoms with Crippen molar-refractivity contribution in [1.82, 2.24) is 10.2 Å². The summed E-state index contributed by atoms with van der Waals surface area (Å²) in [4.78, 5) is 2.56. The quantitative estimate of drug-likeness (QED) is 0.729. The third-order valence-electron chi connectivity index (χ3n) is 5.03. The largest absolute Gasteiger partial charge is 0.317 e. The topological polar surface area (TPSA) is 15.3 Å². The molecule has 2 aliphatic rings. The first-order valence-electron chi connectivity index (χ1n) is 8.27. The molecule has 1 aliphatic carbocycles. The first-order chi connectivity index (χ1) is 8.86. The summed E-state index contributed by atoms with van der Waals surface area (Å²) >= 11 is 0. The molecule has 1 atom stereocenters. The van der Waals surface area contributed by atoms with Crippen molar-refractivity contribution >= 4 is 0 Å². The van der Waals surface area contributed by atoms with E-state index in [1.165, 1.54) is 83.8 Å². The van der Waals surface area contributed by atoms with Crippen LogP contribution < -0.4 is 5.32 Å². The van der Waals surface area contributed by atoms with Crippen LogP contribution in [-0.4, -0.2) is 37.6 Å². The zero-order chi connectivity index (χ0) is 12.6. The molecule has 1 aliphatic heterocycles. The van der Waals surface area contributed by atoms with Gasteiger partial charge in [-0.15, -0.1) is 0 Å². The van der Waals surface area contributed by atoms with Crippen molar-refractivity contribution in [2.45, 2.75) is 70.3 Å². The van der Waals surface area contributed by atoms with E-state index in [-0.39, 0.29) is 0 Å². The van der Waals surface area contributed by atoms with Crippen LogP contribution in [0.4, 0.5) is 0 Å². The predicted octanol–water partition coefficient (Wildman–Crippen LogP) is 3.42. The van der Waals surface area contributed by atoms with Crippen molar-refractivity contribution in [3.05, 3.63) is 0 Å². The van der Waals surface area contributed by atoms with Gasteiger partial charge in [0, 0.05) is 6.04 Å². The van der Waals surface area contributed by atoms with Crippen molar-refractivity contribution in [2.24, 2.45) is 5.92 Å². The molecule has 1 N–H and O–H groups in total. The first-order valence-corrected chi connectivity index (χ1v) is 8.27. The minimum absolute atomic E-state index is 0.848. The van der Waals surface area contributed by atoms with E-state index in [2.05, 4.69) is 17.3 Å². The van der Waals surface area contributed by atoms with Crippen LogP contribution in [0, 0.1) is 5.92 Å². The van der Waals surface area contributed by atoms with Gasteiger partial charge in [-0.1, -0.05) is 38.5 Å². The summed E-state index contributed by atoms with van der Waals surface area (Å²) in [7, 11) is 2.30. The van der Waals surface area contributed by atoms with Crippen molar-refractivity contribution in [2.75, 3.05) is 26.7 Å². The van der Waals surface area contributed by atoms with Gasteiger partial charge in [-0.05, 0) is 58.3 Å². The molecule has 2 fully saturated rings. The van der Waals surface area contributed by atoms with E-state index in [1.807, 2.05) is 0 Å². The molecular weight excluding hydrogens is 220 g/mol. The average Bonchev–Trinajstić information content (AvgIpc) is 2.42. The molecule has 0 aromatic rings. The van der Waals surface area contributed by atoms with Crippen molar-refractivity contribution in [3.63, 3.8) is 0 Å². The van der Waals surface area contributed by atoms with Gasteiger partial charge in [0.05, 0.1) is 0 Å². The maximum atomic E-state index is 3.67. The molecule has 106 valence electrons. The lowest BCUT2D eigenvalue weighted by Crippen LogP contribution is -2.38. The Morgan fingerprint density at radius 2 is 1.61 bits per heavy atom. The summed E-state index contributed by atoms with van der Waals surface area (Å²) in [6, 6.07) is 0.848. The lowest BCUT2D eigenvalue weighted by atomic mass is 9.87. The molecule has 0 radical (unpaired) electrons. The fraction of sp³-hybridized carbons (Fsp3) is 1.00. The SMILES string of the molecule is CN1CCCCC1CCNCCC1CCCCC1. The number of nitrogens with one attached hydrogen (secondary N) is 1. The van der Waals surface area contributed by atoms with Gasteiger partial charge in [0.1, 0.15) is 0 Å². The normalized spacial score (nSPS) is 27.5. The highest BCUT2D eigenvalue weighted by Crippen LogP contribution is 2.25. The Hall–Kier alpha value is -0.0800. The molecule has 1 heterocycles. The molecule has 1 saturated heterocycles. The summed E-state index contributed by atoms with van der Waals surface area (Å²) in [5.41, 5.74) is 0. The molecule has 0 spiro atoms. The standard InChI is InChI=1S/C16H32N2/c1-18-14-6-5-9-16(18)11-13-17-12-10-15-7-3-2-4-8-15/h15-17H,2-14H2,1H3. The van der Waals surface area contributed by atoms with Crippen molar-refractivity contribution in [3.8, 4) is 0 Å². The summed E-state index contributed by atoms with van der Waals surface area (Å²) in [6.07, 6.45) is 14.5. The lowest BCUT2D eigenvalue weighted by Gasteiger charge is -2.32. The summed E-state index contributed by atoms with van der Waals surface area (Å²) in [5.74, 6) is 1.03. The predicted molar refractivity (Wildman–Crippen MR) is 78.9 cm³/mol. The van der Waals surface area contributed by atoms with Gasteiger partial charge in [-0.3, -0.25) is 0 Å². The monoisotopic (exact) mass is 252 g/mol. The van der Waals surface area contributed by atoms with Crippen molar-refractivity contribution in [1.29, 1.82) is 0 Å².